The largest absolute Gasteiger partial charge is 0.481 e. The Morgan fingerprint density at radius 2 is 2.00 bits per heavy atom. The molecule has 1 saturated heterocycles. The lowest BCUT2D eigenvalue weighted by Gasteiger charge is -2.35. The van der Waals surface area contributed by atoms with Crippen LogP contribution in [0.3, 0.4) is 0 Å². The van der Waals surface area contributed by atoms with Crippen molar-refractivity contribution < 1.29 is 19.4 Å². The molecule has 1 fully saturated rings. The Kier molecular flexibility index (Phi) is 4.20. The van der Waals surface area contributed by atoms with Crippen molar-refractivity contribution in [2.75, 3.05) is 5.75 Å². The van der Waals surface area contributed by atoms with E-state index in [1.807, 2.05) is 13.8 Å². The lowest BCUT2D eigenvalue weighted by Crippen LogP contribution is -2.49. The van der Waals surface area contributed by atoms with E-state index in [0.717, 1.165) is 0 Å². The van der Waals surface area contributed by atoms with Crippen LogP contribution in [0.25, 0.3) is 0 Å². The molecule has 0 spiro atoms. The molecule has 18 heavy (non-hydrogen) atoms. The summed E-state index contributed by atoms with van der Waals surface area (Å²) in [5, 5.41) is 8.89. The maximum atomic E-state index is 12.2. The highest BCUT2D eigenvalue weighted by molar-refractivity contribution is 8.00. The number of hydrogen-bond acceptors (Lipinski definition) is 4. The van der Waals surface area contributed by atoms with Gasteiger partial charge in [-0.1, -0.05) is 0 Å². The molecule has 1 heterocycles. The Morgan fingerprint density at radius 1 is 1.44 bits per heavy atom. The van der Waals surface area contributed by atoms with Gasteiger partial charge in [0.1, 0.15) is 5.60 Å². The number of aliphatic carboxylic acids is 1. The third-order valence-electron chi connectivity index (χ3n) is 2.57. The summed E-state index contributed by atoms with van der Waals surface area (Å²) in [6.45, 7) is 9.21. The van der Waals surface area contributed by atoms with Gasteiger partial charge in [-0.25, -0.2) is 4.79 Å². The summed E-state index contributed by atoms with van der Waals surface area (Å²) in [5.74, 6) is -0.273. The molecule has 0 saturated carbocycles. The number of ether oxygens (including phenoxy) is 1. The third-order valence-corrected chi connectivity index (χ3v) is 4.03. The Balaban J connectivity index is 2.85. The fourth-order valence-corrected chi connectivity index (χ4v) is 3.15. The molecular formula is C12H21NO4S. The number of carbonyl (C=O) groups excluding carboxylic acids is 1. The van der Waals surface area contributed by atoms with Crippen LogP contribution in [0, 0.1) is 0 Å². The van der Waals surface area contributed by atoms with E-state index in [1.165, 1.54) is 0 Å². The molecule has 0 aromatic rings. The van der Waals surface area contributed by atoms with Crippen molar-refractivity contribution in [1.29, 1.82) is 0 Å². The zero-order valence-electron chi connectivity index (χ0n) is 11.5. The lowest BCUT2D eigenvalue weighted by molar-refractivity contribution is -0.138. The summed E-state index contributed by atoms with van der Waals surface area (Å²) >= 11 is 1.57. The van der Waals surface area contributed by atoms with Crippen LogP contribution in [-0.4, -0.2) is 44.3 Å². The number of rotatable bonds is 2. The van der Waals surface area contributed by atoms with Gasteiger partial charge in [0.15, 0.2) is 0 Å². The number of hydrogen-bond donors (Lipinski definition) is 1. The van der Waals surface area contributed by atoms with E-state index in [2.05, 4.69) is 0 Å². The van der Waals surface area contributed by atoms with Crippen molar-refractivity contribution >= 4 is 23.8 Å². The number of carboxylic acids is 1. The summed E-state index contributed by atoms with van der Waals surface area (Å²) in [5.41, 5.74) is -0.575. The van der Waals surface area contributed by atoms with Crippen molar-refractivity contribution in [3.05, 3.63) is 0 Å². The summed E-state index contributed by atoms with van der Waals surface area (Å²) in [4.78, 5) is 24.1. The van der Waals surface area contributed by atoms with Crippen LogP contribution in [0.15, 0.2) is 0 Å². The van der Waals surface area contributed by atoms with E-state index >= 15 is 0 Å². The highest BCUT2D eigenvalue weighted by atomic mass is 32.2. The van der Waals surface area contributed by atoms with Gasteiger partial charge in [0.05, 0.1) is 17.3 Å². The first kappa shape index (κ1) is 15.1. The smallest absolute Gasteiger partial charge is 0.411 e. The van der Waals surface area contributed by atoms with Crippen LogP contribution in [0.1, 0.15) is 41.0 Å². The van der Waals surface area contributed by atoms with Crippen LogP contribution in [0.4, 0.5) is 4.79 Å². The molecule has 1 N–H and O–H groups in total. The fraction of sp³-hybridized carbons (Fsp3) is 0.833. The van der Waals surface area contributed by atoms with E-state index in [1.54, 1.807) is 37.4 Å². The molecular weight excluding hydrogens is 254 g/mol. The van der Waals surface area contributed by atoms with Crippen LogP contribution in [0.5, 0.6) is 0 Å². The normalized spacial score (nSPS) is 22.9. The Hall–Kier alpha value is -0.910. The molecule has 6 heteroatoms. The van der Waals surface area contributed by atoms with Gasteiger partial charge in [0, 0.05) is 5.75 Å². The molecule has 1 rings (SSSR count). The third kappa shape index (κ3) is 3.80. The molecule has 1 unspecified atom stereocenters. The maximum Gasteiger partial charge on any atom is 0.411 e. The molecule has 1 atom stereocenters. The van der Waals surface area contributed by atoms with E-state index in [0.29, 0.717) is 5.75 Å². The number of carbonyl (C=O) groups is 2. The Labute approximate surface area is 112 Å². The minimum Gasteiger partial charge on any atom is -0.481 e. The van der Waals surface area contributed by atoms with Crippen molar-refractivity contribution in [2.45, 2.75) is 57.6 Å². The standard InChI is InChI=1S/C12H21NO4S/c1-11(2,3)17-10(16)13-8(6-9(14)15)7-18-12(13,4)5/h8H,6-7H2,1-5H3,(H,14,15). The summed E-state index contributed by atoms with van der Waals surface area (Å²) in [6, 6.07) is -0.308. The van der Waals surface area contributed by atoms with Gasteiger partial charge in [0.2, 0.25) is 0 Å². The van der Waals surface area contributed by atoms with E-state index in [-0.39, 0.29) is 12.5 Å². The molecule has 0 radical (unpaired) electrons. The van der Waals surface area contributed by atoms with Gasteiger partial charge in [-0.3, -0.25) is 9.69 Å². The maximum absolute atomic E-state index is 12.2. The predicted octanol–water partition coefficient (Wildman–Crippen LogP) is 2.55. The minimum absolute atomic E-state index is 0.0460. The fourth-order valence-electron chi connectivity index (χ4n) is 1.92. The van der Waals surface area contributed by atoms with E-state index < -0.39 is 22.5 Å². The average molecular weight is 275 g/mol. The molecule has 1 amide bonds. The van der Waals surface area contributed by atoms with Crippen molar-refractivity contribution in [2.24, 2.45) is 0 Å². The molecule has 0 bridgehead atoms. The number of amides is 1. The molecule has 0 aromatic carbocycles. The highest BCUT2D eigenvalue weighted by Gasteiger charge is 2.45. The first-order valence-electron chi connectivity index (χ1n) is 5.91. The van der Waals surface area contributed by atoms with E-state index in [9.17, 15) is 9.59 Å². The first-order valence-corrected chi connectivity index (χ1v) is 6.89. The van der Waals surface area contributed by atoms with Gasteiger partial charge < -0.3 is 9.84 Å². The van der Waals surface area contributed by atoms with Gasteiger partial charge in [0.25, 0.3) is 0 Å². The lowest BCUT2D eigenvalue weighted by atomic mass is 10.1. The minimum atomic E-state index is -0.896. The number of nitrogens with zero attached hydrogens (tertiary/aromatic N) is 1. The number of thioether (sulfide) groups is 1. The van der Waals surface area contributed by atoms with Crippen LogP contribution in [0.2, 0.25) is 0 Å². The summed E-state index contributed by atoms with van der Waals surface area (Å²) < 4.78 is 5.35. The second kappa shape index (κ2) is 4.99. The van der Waals surface area contributed by atoms with Gasteiger partial charge in [-0.05, 0) is 34.6 Å². The topological polar surface area (TPSA) is 66.8 Å². The highest BCUT2D eigenvalue weighted by Crippen LogP contribution is 2.40. The molecule has 1 aliphatic rings. The van der Waals surface area contributed by atoms with Gasteiger partial charge in [-0.2, -0.15) is 0 Å². The Morgan fingerprint density at radius 3 is 2.44 bits per heavy atom. The molecule has 0 aromatic heterocycles. The average Bonchev–Trinajstić information content (AvgIpc) is 2.36. The summed E-state index contributed by atoms with van der Waals surface area (Å²) in [7, 11) is 0. The quantitative estimate of drug-likeness (QED) is 0.839. The van der Waals surface area contributed by atoms with Crippen molar-refractivity contribution in [3.63, 3.8) is 0 Å². The van der Waals surface area contributed by atoms with E-state index in [4.69, 9.17) is 9.84 Å². The molecule has 1 aliphatic heterocycles. The summed E-state index contributed by atoms with van der Waals surface area (Å²) in [6.07, 6.45) is -0.487. The monoisotopic (exact) mass is 275 g/mol. The second-order valence-electron chi connectivity index (χ2n) is 5.86. The Bertz CT molecular complexity index is 348. The van der Waals surface area contributed by atoms with Crippen LogP contribution in [-0.2, 0) is 9.53 Å². The SMILES string of the molecule is CC(C)(C)OC(=O)N1C(CC(=O)O)CSC1(C)C. The van der Waals surface area contributed by atoms with Crippen LogP contribution < -0.4 is 0 Å². The van der Waals surface area contributed by atoms with Crippen molar-refractivity contribution in [3.8, 4) is 0 Å². The zero-order valence-corrected chi connectivity index (χ0v) is 12.3. The van der Waals surface area contributed by atoms with Crippen molar-refractivity contribution in [1.82, 2.24) is 4.90 Å². The molecule has 5 nitrogen and oxygen atoms in total. The number of carboxylic acid groups (broad SMARTS) is 1. The second-order valence-corrected chi connectivity index (χ2v) is 7.48. The van der Waals surface area contributed by atoms with Gasteiger partial charge >= 0.3 is 12.1 Å². The molecule has 0 aliphatic carbocycles. The molecule has 104 valence electrons. The zero-order chi connectivity index (χ0) is 14.1. The van der Waals surface area contributed by atoms with Gasteiger partial charge in [-0.15, -0.1) is 11.8 Å². The van der Waals surface area contributed by atoms with Crippen LogP contribution >= 0.6 is 11.8 Å². The first-order chi connectivity index (χ1) is 8.03. The predicted molar refractivity (Wildman–Crippen MR) is 70.7 cm³/mol.